The summed E-state index contributed by atoms with van der Waals surface area (Å²) in [5.41, 5.74) is 15.7. The fourth-order valence-corrected chi connectivity index (χ4v) is 3.36. The number of fused-ring (bicyclic) bond motifs is 1. The third-order valence-electron chi connectivity index (χ3n) is 4.60. The molecule has 0 saturated carbocycles. The standard InChI is InChI=1S/C21H16F2N4/c1-11-13(7-8-18-19(11)20(24)27-21(25)26-18)15-10-17(23)16(22)9-14(15)12-5-3-2-4-6-12/h2-10H,1H3,(H4,24,25,26,27). The van der Waals surface area contributed by atoms with Crippen LogP contribution in [0.3, 0.4) is 0 Å². The van der Waals surface area contributed by atoms with Gasteiger partial charge in [0.05, 0.1) is 5.52 Å². The van der Waals surface area contributed by atoms with E-state index >= 15 is 0 Å². The Morgan fingerprint density at radius 1 is 0.778 bits per heavy atom. The molecule has 0 bridgehead atoms. The van der Waals surface area contributed by atoms with E-state index in [0.29, 0.717) is 22.0 Å². The Labute approximate surface area is 154 Å². The number of nitrogen functional groups attached to an aromatic ring is 2. The van der Waals surface area contributed by atoms with E-state index in [-0.39, 0.29) is 11.8 Å². The van der Waals surface area contributed by atoms with Crippen LogP contribution in [0.4, 0.5) is 20.5 Å². The number of hydrogen-bond donors (Lipinski definition) is 2. The van der Waals surface area contributed by atoms with Gasteiger partial charge in [-0.3, -0.25) is 0 Å². The zero-order chi connectivity index (χ0) is 19.1. The molecule has 1 heterocycles. The van der Waals surface area contributed by atoms with E-state index < -0.39 is 11.6 Å². The van der Waals surface area contributed by atoms with Gasteiger partial charge in [0.2, 0.25) is 5.95 Å². The molecule has 4 rings (SSSR count). The van der Waals surface area contributed by atoms with Crippen molar-refractivity contribution < 1.29 is 8.78 Å². The van der Waals surface area contributed by atoms with Crippen molar-refractivity contribution in [1.82, 2.24) is 9.97 Å². The first-order chi connectivity index (χ1) is 13.0. The summed E-state index contributed by atoms with van der Waals surface area (Å²) < 4.78 is 28.1. The van der Waals surface area contributed by atoms with Gasteiger partial charge in [0.25, 0.3) is 0 Å². The normalized spacial score (nSPS) is 11.1. The second kappa shape index (κ2) is 6.32. The molecule has 0 aliphatic carbocycles. The molecule has 0 fully saturated rings. The van der Waals surface area contributed by atoms with Gasteiger partial charge in [-0.25, -0.2) is 13.8 Å². The SMILES string of the molecule is Cc1c(-c2cc(F)c(F)cc2-c2ccccc2)ccc2nc(N)nc(N)c12. The van der Waals surface area contributed by atoms with Crippen LogP contribution in [-0.2, 0) is 0 Å². The minimum Gasteiger partial charge on any atom is -0.383 e. The van der Waals surface area contributed by atoms with Crippen molar-refractivity contribution in [3.8, 4) is 22.3 Å². The van der Waals surface area contributed by atoms with Crippen LogP contribution in [0, 0.1) is 18.6 Å². The monoisotopic (exact) mass is 362 g/mol. The summed E-state index contributed by atoms with van der Waals surface area (Å²) in [6, 6.07) is 15.3. The number of nitrogens with zero attached hydrogens (tertiary/aromatic N) is 2. The molecule has 0 aliphatic rings. The predicted octanol–water partition coefficient (Wildman–Crippen LogP) is 4.71. The van der Waals surface area contributed by atoms with Gasteiger partial charge < -0.3 is 11.5 Å². The Balaban J connectivity index is 2.05. The van der Waals surface area contributed by atoms with Gasteiger partial charge in [0.15, 0.2) is 11.6 Å². The second-order valence-corrected chi connectivity index (χ2v) is 6.28. The molecular formula is C21H16F2N4. The minimum absolute atomic E-state index is 0.0879. The molecule has 4 nitrogen and oxygen atoms in total. The molecule has 4 aromatic rings. The van der Waals surface area contributed by atoms with Crippen molar-refractivity contribution in [2.75, 3.05) is 11.5 Å². The number of aromatic nitrogens is 2. The highest BCUT2D eigenvalue weighted by atomic mass is 19.2. The zero-order valence-electron chi connectivity index (χ0n) is 14.5. The fraction of sp³-hybridized carbons (Fsp3) is 0.0476. The van der Waals surface area contributed by atoms with Gasteiger partial charge in [-0.15, -0.1) is 0 Å². The van der Waals surface area contributed by atoms with Crippen LogP contribution in [0.5, 0.6) is 0 Å². The lowest BCUT2D eigenvalue weighted by molar-refractivity contribution is 0.509. The zero-order valence-corrected chi connectivity index (χ0v) is 14.5. The predicted molar refractivity (Wildman–Crippen MR) is 104 cm³/mol. The molecule has 0 amide bonds. The first-order valence-corrected chi connectivity index (χ1v) is 8.33. The summed E-state index contributed by atoms with van der Waals surface area (Å²) in [7, 11) is 0. The number of aryl methyl sites for hydroxylation is 1. The summed E-state index contributed by atoms with van der Waals surface area (Å²) >= 11 is 0. The van der Waals surface area contributed by atoms with E-state index in [2.05, 4.69) is 9.97 Å². The van der Waals surface area contributed by atoms with Crippen LogP contribution in [0.15, 0.2) is 54.6 Å². The Morgan fingerprint density at radius 3 is 2.15 bits per heavy atom. The van der Waals surface area contributed by atoms with Gasteiger partial charge in [0, 0.05) is 5.39 Å². The number of halogens is 2. The van der Waals surface area contributed by atoms with Gasteiger partial charge in [-0.2, -0.15) is 4.98 Å². The van der Waals surface area contributed by atoms with Crippen LogP contribution in [0.1, 0.15) is 5.56 Å². The molecule has 0 atom stereocenters. The maximum atomic E-state index is 14.1. The second-order valence-electron chi connectivity index (χ2n) is 6.28. The van der Waals surface area contributed by atoms with E-state index in [0.717, 1.165) is 16.7 Å². The van der Waals surface area contributed by atoms with E-state index in [1.54, 1.807) is 6.07 Å². The van der Waals surface area contributed by atoms with Crippen molar-refractivity contribution in [3.05, 3.63) is 71.8 Å². The third-order valence-corrected chi connectivity index (χ3v) is 4.60. The van der Waals surface area contributed by atoms with Crippen LogP contribution in [0.2, 0.25) is 0 Å². The quantitative estimate of drug-likeness (QED) is 0.541. The summed E-state index contributed by atoms with van der Waals surface area (Å²) in [6.45, 7) is 1.85. The van der Waals surface area contributed by atoms with Crippen molar-refractivity contribution in [2.45, 2.75) is 6.92 Å². The van der Waals surface area contributed by atoms with Crippen LogP contribution in [0.25, 0.3) is 33.2 Å². The topological polar surface area (TPSA) is 77.8 Å². The Kier molecular flexibility index (Phi) is 3.96. The van der Waals surface area contributed by atoms with E-state index in [1.165, 1.54) is 12.1 Å². The van der Waals surface area contributed by atoms with Crippen LogP contribution >= 0.6 is 0 Å². The lowest BCUT2D eigenvalue weighted by Gasteiger charge is -2.15. The number of benzene rings is 3. The molecule has 0 unspecified atom stereocenters. The average molecular weight is 362 g/mol. The van der Waals surface area contributed by atoms with Gasteiger partial charge in [0.1, 0.15) is 5.82 Å². The van der Waals surface area contributed by atoms with E-state index in [4.69, 9.17) is 11.5 Å². The van der Waals surface area contributed by atoms with Crippen molar-refractivity contribution in [3.63, 3.8) is 0 Å². The molecule has 6 heteroatoms. The smallest absolute Gasteiger partial charge is 0.222 e. The number of anilines is 2. The van der Waals surface area contributed by atoms with Crippen molar-refractivity contribution in [2.24, 2.45) is 0 Å². The fourth-order valence-electron chi connectivity index (χ4n) is 3.36. The van der Waals surface area contributed by atoms with E-state index in [1.807, 2.05) is 43.3 Å². The van der Waals surface area contributed by atoms with Gasteiger partial charge in [-0.1, -0.05) is 36.4 Å². The third kappa shape index (κ3) is 2.85. The first-order valence-electron chi connectivity index (χ1n) is 8.33. The molecule has 4 N–H and O–H groups in total. The molecule has 134 valence electrons. The first kappa shape index (κ1) is 16.9. The lowest BCUT2D eigenvalue weighted by atomic mass is 9.90. The molecule has 0 spiro atoms. The highest BCUT2D eigenvalue weighted by Crippen LogP contribution is 2.38. The summed E-state index contributed by atoms with van der Waals surface area (Å²) in [5, 5.41) is 0.644. The van der Waals surface area contributed by atoms with Gasteiger partial charge in [-0.05, 0) is 52.9 Å². The summed E-state index contributed by atoms with van der Waals surface area (Å²) in [5.74, 6) is -1.47. The molecule has 1 aromatic heterocycles. The van der Waals surface area contributed by atoms with Crippen molar-refractivity contribution >= 4 is 22.7 Å². The minimum atomic E-state index is -0.911. The Bertz CT molecular complexity index is 1170. The highest BCUT2D eigenvalue weighted by Gasteiger charge is 2.17. The molecule has 0 radical (unpaired) electrons. The molecule has 0 aliphatic heterocycles. The van der Waals surface area contributed by atoms with Crippen LogP contribution < -0.4 is 11.5 Å². The highest BCUT2D eigenvalue weighted by molar-refractivity contribution is 5.98. The molecule has 27 heavy (non-hydrogen) atoms. The number of hydrogen-bond acceptors (Lipinski definition) is 4. The maximum absolute atomic E-state index is 14.1. The number of nitrogens with two attached hydrogens (primary N) is 2. The van der Waals surface area contributed by atoms with E-state index in [9.17, 15) is 8.78 Å². The van der Waals surface area contributed by atoms with Crippen LogP contribution in [-0.4, -0.2) is 9.97 Å². The summed E-state index contributed by atoms with van der Waals surface area (Å²) in [6.07, 6.45) is 0. The lowest BCUT2D eigenvalue weighted by Crippen LogP contribution is -2.02. The molecular weight excluding hydrogens is 346 g/mol. The Hall–Kier alpha value is -3.54. The largest absolute Gasteiger partial charge is 0.383 e. The number of rotatable bonds is 2. The average Bonchev–Trinajstić information content (AvgIpc) is 2.64. The van der Waals surface area contributed by atoms with Gasteiger partial charge >= 0.3 is 0 Å². The summed E-state index contributed by atoms with van der Waals surface area (Å²) in [4.78, 5) is 8.22. The maximum Gasteiger partial charge on any atom is 0.222 e. The van der Waals surface area contributed by atoms with Crippen molar-refractivity contribution in [1.29, 1.82) is 0 Å². The Morgan fingerprint density at radius 2 is 1.44 bits per heavy atom. The molecule has 3 aromatic carbocycles. The molecule has 0 saturated heterocycles.